The van der Waals surface area contributed by atoms with Crippen molar-refractivity contribution in [3.8, 4) is 0 Å². The van der Waals surface area contributed by atoms with Crippen LogP contribution in [0.5, 0.6) is 0 Å². The molecule has 0 aromatic carbocycles. The summed E-state index contributed by atoms with van der Waals surface area (Å²) in [5.74, 6) is 1.62. The van der Waals surface area contributed by atoms with Crippen LogP contribution in [0.1, 0.15) is 38.5 Å². The molecule has 2 atom stereocenters. The van der Waals surface area contributed by atoms with Crippen LogP contribution in [-0.2, 0) is 131 Å². The first kappa shape index (κ1) is 27.7. The fourth-order valence-corrected chi connectivity index (χ4v) is 1.90. The molecule has 4 heteroatoms. The van der Waals surface area contributed by atoms with E-state index in [1.165, 1.54) is 32.1 Å². The Labute approximate surface area is 197 Å². The Morgan fingerprint density at radius 3 is 2.13 bits per heavy atom. The topological polar surface area (TPSA) is 0 Å². The van der Waals surface area contributed by atoms with Gasteiger partial charge in [-0.05, 0) is 0 Å². The van der Waals surface area contributed by atoms with Crippen molar-refractivity contribution in [2.75, 3.05) is 0 Å². The Morgan fingerprint density at radius 2 is 1.73 bits per heavy atom. The molecule has 0 aromatic rings. The Kier molecular flexibility index (Phi) is 34.0. The first-order chi connectivity index (χ1) is 5.34. The molecule has 0 aliphatic heterocycles. The quantitative estimate of drug-likeness (QED) is 0.405. The monoisotopic (exact) mass is 507 g/mol. The van der Waals surface area contributed by atoms with Crippen LogP contribution in [0.3, 0.4) is 0 Å². The zero-order chi connectivity index (χ0) is 8.10. The zero-order valence-corrected chi connectivity index (χ0v) is 21.1. The van der Waals surface area contributed by atoms with Gasteiger partial charge >= 0.3 is 32.7 Å². The van der Waals surface area contributed by atoms with Gasteiger partial charge in [-0.2, -0.15) is 12.3 Å². The summed E-state index contributed by atoms with van der Waals surface area (Å²) in [6, 6.07) is 0. The molecule has 0 bridgehead atoms. The molecule has 15 heavy (non-hydrogen) atoms. The molecular formula is C11H19Y4. The molecule has 1 aliphatic rings. The van der Waals surface area contributed by atoms with Crippen molar-refractivity contribution in [1.29, 1.82) is 0 Å². The van der Waals surface area contributed by atoms with E-state index in [-0.39, 0.29) is 131 Å². The van der Waals surface area contributed by atoms with Crippen molar-refractivity contribution in [3.05, 3.63) is 20.3 Å². The maximum atomic E-state index is 4.16. The average Bonchev–Trinajstić information content (AvgIpc) is 2.37. The molecule has 1 rings (SSSR count). The van der Waals surface area contributed by atoms with Gasteiger partial charge < -0.3 is 20.3 Å². The maximum absolute atomic E-state index is 4.16. The maximum Gasteiger partial charge on any atom is 3.00 e. The number of hydrogen-bond donors (Lipinski definition) is 0. The third-order valence-corrected chi connectivity index (χ3v) is 2.69. The van der Waals surface area contributed by atoms with E-state index in [0.29, 0.717) is 0 Å². The Balaban J connectivity index is -0.000000151. The summed E-state index contributed by atoms with van der Waals surface area (Å²) < 4.78 is 0. The molecule has 0 amide bonds. The molecule has 1 aliphatic carbocycles. The van der Waals surface area contributed by atoms with E-state index in [1.807, 2.05) is 0 Å². The first-order valence-electron chi connectivity index (χ1n) is 4.78. The molecular weight excluding hydrogens is 488 g/mol. The summed E-state index contributed by atoms with van der Waals surface area (Å²) in [6.45, 7) is 7.98. The van der Waals surface area contributed by atoms with Crippen LogP contribution < -0.4 is 0 Å². The second-order valence-corrected chi connectivity index (χ2v) is 3.62. The minimum Gasteiger partial charge on any atom is -0.346 e. The van der Waals surface area contributed by atoms with Crippen molar-refractivity contribution in [1.82, 2.24) is 0 Å². The third-order valence-electron chi connectivity index (χ3n) is 2.69. The summed E-state index contributed by atoms with van der Waals surface area (Å²) in [5.41, 5.74) is 0. The number of rotatable bonds is 4. The predicted octanol–water partition coefficient (Wildman–Crippen LogP) is 3.44. The molecule has 75 valence electrons. The van der Waals surface area contributed by atoms with Crippen LogP contribution in [0.2, 0.25) is 0 Å². The zero-order valence-electron chi connectivity index (χ0n) is 9.70. The van der Waals surface area contributed by atoms with Gasteiger partial charge in [0.2, 0.25) is 0 Å². The van der Waals surface area contributed by atoms with Crippen LogP contribution in [0.25, 0.3) is 0 Å². The summed E-state index contributed by atoms with van der Waals surface area (Å²) in [6.07, 6.45) is 10.1. The van der Waals surface area contributed by atoms with Crippen molar-refractivity contribution >= 4 is 0 Å². The SMILES string of the molecule is [CH2-]CC[CH-]CC1CCCC1[CH2-].[Y+3].[Y].[Y].[Y]. The molecule has 1 fully saturated rings. The van der Waals surface area contributed by atoms with Gasteiger partial charge in [0.25, 0.3) is 0 Å². The van der Waals surface area contributed by atoms with Crippen LogP contribution >= 0.6 is 0 Å². The summed E-state index contributed by atoms with van der Waals surface area (Å²) in [5, 5.41) is 0. The molecule has 0 N–H and O–H groups in total. The summed E-state index contributed by atoms with van der Waals surface area (Å²) in [7, 11) is 0. The van der Waals surface area contributed by atoms with Crippen molar-refractivity contribution in [2.24, 2.45) is 11.8 Å². The normalized spacial score (nSPS) is 22.8. The van der Waals surface area contributed by atoms with E-state index in [9.17, 15) is 0 Å². The first-order valence-corrected chi connectivity index (χ1v) is 4.78. The van der Waals surface area contributed by atoms with E-state index < -0.39 is 0 Å². The van der Waals surface area contributed by atoms with Gasteiger partial charge in [0.1, 0.15) is 0 Å². The Bertz CT molecular complexity index is 109. The molecule has 1 saturated carbocycles. The smallest absolute Gasteiger partial charge is 0.346 e. The van der Waals surface area contributed by atoms with Gasteiger partial charge in [-0.3, -0.25) is 0 Å². The fraction of sp³-hybridized carbons (Fsp3) is 0.727. The van der Waals surface area contributed by atoms with Crippen molar-refractivity contribution in [3.63, 3.8) is 0 Å². The molecule has 2 unspecified atom stereocenters. The summed E-state index contributed by atoms with van der Waals surface area (Å²) in [4.78, 5) is 0. The van der Waals surface area contributed by atoms with Gasteiger partial charge in [0.15, 0.2) is 0 Å². The van der Waals surface area contributed by atoms with E-state index >= 15 is 0 Å². The number of unbranched alkanes of at least 4 members (excludes halogenated alkanes) is 2. The van der Waals surface area contributed by atoms with Crippen LogP contribution in [0, 0.1) is 32.1 Å². The van der Waals surface area contributed by atoms with Gasteiger partial charge in [-0.25, -0.2) is 12.8 Å². The van der Waals surface area contributed by atoms with Crippen molar-refractivity contribution < 1.29 is 131 Å². The molecule has 0 heterocycles. The summed E-state index contributed by atoms with van der Waals surface area (Å²) >= 11 is 0. The minimum atomic E-state index is 0. The molecule has 0 aromatic heterocycles. The minimum absolute atomic E-state index is 0. The van der Waals surface area contributed by atoms with E-state index in [4.69, 9.17) is 0 Å². The second kappa shape index (κ2) is 18.4. The van der Waals surface area contributed by atoms with E-state index in [2.05, 4.69) is 20.3 Å². The van der Waals surface area contributed by atoms with Crippen LogP contribution in [-0.4, -0.2) is 0 Å². The number of hydrogen-bond acceptors (Lipinski definition) is 0. The average molecular weight is 507 g/mol. The standard InChI is InChI=1S/C11H19.4Y/c1-3-4-5-8-11-9-6-7-10(11)2;;;;/h5,10-11H,1-4,6-9H2;;;;/q-3;;;;+3. The van der Waals surface area contributed by atoms with E-state index in [1.54, 1.807) is 0 Å². The Morgan fingerprint density at radius 1 is 1.13 bits per heavy atom. The molecule has 0 nitrogen and oxygen atoms in total. The van der Waals surface area contributed by atoms with Gasteiger partial charge in [0, 0.05) is 98.1 Å². The molecule has 3 radical (unpaired) electrons. The molecule has 0 spiro atoms. The third kappa shape index (κ3) is 13.2. The van der Waals surface area contributed by atoms with Gasteiger partial charge in [-0.15, -0.1) is 0 Å². The van der Waals surface area contributed by atoms with Gasteiger partial charge in [0.05, 0.1) is 0 Å². The van der Waals surface area contributed by atoms with Crippen molar-refractivity contribution in [2.45, 2.75) is 38.5 Å². The predicted molar refractivity (Wildman–Crippen MR) is 49.7 cm³/mol. The van der Waals surface area contributed by atoms with Crippen LogP contribution in [0.15, 0.2) is 0 Å². The van der Waals surface area contributed by atoms with Crippen LogP contribution in [0.4, 0.5) is 0 Å². The van der Waals surface area contributed by atoms with Gasteiger partial charge in [-0.1, -0.05) is 25.2 Å². The fourth-order valence-electron chi connectivity index (χ4n) is 1.90. The molecule has 0 saturated heterocycles. The Hall–Kier alpha value is 4.42. The van der Waals surface area contributed by atoms with E-state index in [0.717, 1.165) is 18.3 Å². The largest absolute Gasteiger partial charge is 3.00 e. The second-order valence-electron chi connectivity index (χ2n) is 3.62.